The normalized spacial score (nSPS) is 16.1. The van der Waals surface area contributed by atoms with E-state index in [1.165, 1.54) is 5.56 Å². The molecule has 31 heavy (non-hydrogen) atoms. The first-order valence-electron chi connectivity index (χ1n) is 10.6. The Labute approximate surface area is 183 Å². The summed E-state index contributed by atoms with van der Waals surface area (Å²) in [5.74, 6) is 1.80. The van der Waals surface area contributed by atoms with Crippen molar-refractivity contribution in [1.82, 2.24) is 14.9 Å². The first-order valence-corrected chi connectivity index (χ1v) is 10.6. The molecular weight excluding hydrogens is 388 g/mol. The van der Waals surface area contributed by atoms with Crippen LogP contribution < -0.4 is 9.64 Å². The molecule has 1 amide bonds. The predicted octanol–water partition coefficient (Wildman–Crippen LogP) is 4.24. The van der Waals surface area contributed by atoms with Crippen molar-refractivity contribution in [3.05, 3.63) is 72.1 Å². The molecule has 1 fully saturated rings. The van der Waals surface area contributed by atoms with E-state index in [9.17, 15) is 4.79 Å². The van der Waals surface area contributed by atoms with E-state index < -0.39 is 0 Å². The van der Waals surface area contributed by atoms with Gasteiger partial charge in [0.2, 0.25) is 5.95 Å². The number of hydrogen-bond donors (Lipinski definition) is 0. The Morgan fingerprint density at radius 3 is 2.45 bits per heavy atom. The van der Waals surface area contributed by atoms with Crippen LogP contribution in [0.1, 0.15) is 34.7 Å². The molecule has 160 valence electrons. The van der Waals surface area contributed by atoms with E-state index in [4.69, 9.17) is 4.74 Å². The summed E-state index contributed by atoms with van der Waals surface area (Å²) in [6, 6.07) is 15.7. The zero-order valence-electron chi connectivity index (χ0n) is 18.3. The number of carbonyl (C=O) groups excluding carboxylic acids is 1. The van der Waals surface area contributed by atoms with Crippen molar-refractivity contribution >= 4 is 11.9 Å². The van der Waals surface area contributed by atoms with Gasteiger partial charge in [-0.3, -0.25) is 4.79 Å². The molecule has 1 aliphatic rings. The molecule has 2 aromatic carbocycles. The number of piperidine rings is 1. The lowest BCUT2D eigenvalue weighted by Crippen LogP contribution is -2.39. The molecule has 0 saturated carbocycles. The zero-order valence-corrected chi connectivity index (χ0v) is 18.3. The second-order valence-corrected chi connectivity index (χ2v) is 8.07. The second-order valence-electron chi connectivity index (χ2n) is 8.07. The van der Waals surface area contributed by atoms with Crippen LogP contribution in [0.3, 0.4) is 0 Å². The Kier molecular flexibility index (Phi) is 6.16. The van der Waals surface area contributed by atoms with Crippen molar-refractivity contribution in [2.75, 3.05) is 39.2 Å². The lowest BCUT2D eigenvalue weighted by atomic mass is 9.86. The summed E-state index contributed by atoms with van der Waals surface area (Å²) in [6.07, 6.45) is 5.80. The summed E-state index contributed by atoms with van der Waals surface area (Å²) in [7, 11) is 5.49. The van der Waals surface area contributed by atoms with Crippen molar-refractivity contribution in [3.8, 4) is 16.9 Å². The monoisotopic (exact) mass is 416 g/mol. The second kappa shape index (κ2) is 9.16. The van der Waals surface area contributed by atoms with E-state index in [0.717, 1.165) is 36.3 Å². The molecule has 6 heteroatoms. The average Bonchev–Trinajstić information content (AvgIpc) is 2.84. The fourth-order valence-electron chi connectivity index (χ4n) is 4.14. The lowest BCUT2D eigenvalue weighted by Gasteiger charge is -2.34. The highest BCUT2D eigenvalue weighted by Gasteiger charge is 2.27. The molecule has 2 heterocycles. The van der Waals surface area contributed by atoms with Gasteiger partial charge in [0.25, 0.3) is 5.91 Å². The van der Waals surface area contributed by atoms with Gasteiger partial charge in [-0.25, -0.2) is 9.97 Å². The maximum atomic E-state index is 13.1. The maximum Gasteiger partial charge on any atom is 0.253 e. The quantitative estimate of drug-likeness (QED) is 0.623. The molecule has 1 aromatic heterocycles. The molecule has 1 atom stereocenters. The Bertz CT molecular complexity index is 1030. The largest absolute Gasteiger partial charge is 0.497 e. The molecule has 1 aliphatic heterocycles. The number of likely N-dealkylation sites (tertiary alicyclic amines) is 1. The van der Waals surface area contributed by atoms with Crippen LogP contribution in [0.2, 0.25) is 0 Å². The van der Waals surface area contributed by atoms with Gasteiger partial charge >= 0.3 is 0 Å². The summed E-state index contributed by atoms with van der Waals surface area (Å²) in [4.78, 5) is 25.9. The third kappa shape index (κ3) is 4.53. The maximum absolute atomic E-state index is 13.1. The third-order valence-corrected chi connectivity index (χ3v) is 5.80. The number of aromatic nitrogens is 2. The van der Waals surface area contributed by atoms with Gasteiger partial charge in [-0.2, -0.15) is 0 Å². The Balaban J connectivity index is 1.56. The van der Waals surface area contributed by atoms with Crippen LogP contribution in [-0.2, 0) is 0 Å². The van der Waals surface area contributed by atoms with Crippen molar-refractivity contribution in [2.45, 2.75) is 18.8 Å². The van der Waals surface area contributed by atoms with Gasteiger partial charge in [0.15, 0.2) is 0 Å². The lowest BCUT2D eigenvalue weighted by molar-refractivity contribution is 0.0707. The molecule has 0 radical (unpaired) electrons. The van der Waals surface area contributed by atoms with Crippen molar-refractivity contribution in [3.63, 3.8) is 0 Å². The molecule has 0 bridgehead atoms. The molecule has 6 nitrogen and oxygen atoms in total. The number of benzene rings is 2. The number of amides is 1. The van der Waals surface area contributed by atoms with Gasteiger partial charge in [-0.05, 0) is 48.2 Å². The minimum Gasteiger partial charge on any atom is -0.497 e. The van der Waals surface area contributed by atoms with Crippen LogP contribution in [-0.4, -0.2) is 55.1 Å². The number of methoxy groups -OCH3 is 1. The van der Waals surface area contributed by atoms with E-state index in [0.29, 0.717) is 18.1 Å². The van der Waals surface area contributed by atoms with E-state index >= 15 is 0 Å². The molecular formula is C25H28N4O2. The number of ether oxygens (including phenoxy) is 1. The van der Waals surface area contributed by atoms with Crippen LogP contribution in [0.5, 0.6) is 5.75 Å². The van der Waals surface area contributed by atoms with Gasteiger partial charge in [0, 0.05) is 56.6 Å². The Hall–Kier alpha value is -3.41. The predicted molar refractivity (Wildman–Crippen MR) is 123 cm³/mol. The Morgan fingerprint density at radius 2 is 1.77 bits per heavy atom. The summed E-state index contributed by atoms with van der Waals surface area (Å²) in [5, 5.41) is 0. The number of carbonyl (C=O) groups is 1. The molecule has 1 saturated heterocycles. The molecule has 0 aliphatic carbocycles. The van der Waals surface area contributed by atoms with Crippen LogP contribution in [0.4, 0.5) is 5.95 Å². The van der Waals surface area contributed by atoms with E-state index in [-0.39, 0.29) is 11.8 Å². The standard InChI is InChI=1S/C25H28N4O2/c1-28(2)25-26-15-20(16-27-25)23-9-5-4-8-22(23)19-7-6-14-29(17-19)24(30)18-10-12-21(31-3)13-11-18/h4-5,8-13,15-16,19H,6-7,14,17H2,1-3H3. The summed E-state index contributed by atoms with van der Waals surface area (Å²) in [6.45, 7) is 1.49. The van der Waals surface area contributed by atoms with Gasteiger partial charge in [-0.15, -0.1) is 0 Å². The number of nitrogens with zero attached hydrogens (tertiary/aromatic N) is 4. The van der Waals surface area contributed by atoms with Crippen molar-refractivity contribution < 1.29 is 9.53 Å². The fraction of sp³-hybridized carbons (Fsp3) is 0.320. The molecule has 0 N–H and O–H groups in total. The van der Waals surface area contributed by atoms with Gasteiger partial charge < -0.3 is 14.5 Å². The third-order valence-electron chi connectivity index (χ3n) is 5.80. The van der Waals surface area contributed by atoms with Gasteiger partial charge in [0.1, 0.15) is 5.75 Å². The summed E-state index contributed by atoms with van der Waals surface area (Å²) in [5.41, 5.74) is 4.08. The fourth-order valence-corrected chi connectivity index (χ4v) is 4.14. The highest BCUT2D eigenvalue weighted by molar-refractivity contribution is 5.94. The van der Waals surface area contributed by atoms with Crippen LogP contribution in [0.15, 0.2) is 60.9 Å². The SMILES string of the molecule is COc1ccc(C(=O)N2CCCC(c3ccccc3-c3cnc(N(C)C)nc3)C2)cc1. The summed E-state index contributed by atoms with van der Waals surface area (Å²) < 4.78 is 5.21. The number of anilines is 1. The highest BCUT2D eigenvalue weighted by atomic mass is 16.5. The van der Waals surface area contributed by atoms with Crippen molar-refractivity contribution in [2.24, 2.45) is 0 Å². The average molecular weight is 417 g/mol. The summed E-state index contributed by atoms with van der Waals surface area (Å²) >= 11 is 0. The highest BCUT2D eigenvalue weighted by Crippen LogP contribution is 2.34. The van der Waals surface area contributed by atoms with Crippen molar-refractivity contribution in [1.29, 1.82) is 0 Å². The first kappa shape index (κ1) is 20.8. The minimum absolute atomic E-state index is 0.0727. The van der Waals surface area contributed by atoms with E-state index in [1.807, 2.05) is 66.6 Å². The van der Waals surface area contributed by atoms with Gasteiger partial charge in [0.05, 0.1) is 7.11 Å². The van der Waals surface area contributed by atoms with Crippen LogP contribution in [0, 0.1) is 0 Å². The van der Waals surface area contributed by atoms with E-state index in [1.54, 1.807) is 7.11 Å². The molecule has 4 rings (SSSR count). The first-order chi connectivity index (χ1) is 15.1. The van der Waals surface area contributed by atoms with E-state index in [2.05, 4.69) is 28.2 Å². The smallest absolute Gasteiger partial charge is 0.253 e. The topological polar surface area (TPSA) is 58.6 Å². The molecule has 1 unspecified atom stereocenters. The number of rotatable bonds is 5. The number of hydrogen-bond acceptors (Lipinski definition) is 5. The zero-order chi connectivity index (χ0) is 21.8. The van der Waals surface area contributed by atoms with Gasteiger partial charge in [-0.1, -0.05) is 24.3 Å². The molecule has 0 spiro atoms. The van der Waals surface area contributed by atoms with Crippen LogP contribution >= 0.6 is 0 Å². The molecule has 3 aromatic rings. The minimum atomic E-state index is 0.0727. The Morgan fingerprint density at radius 1 is 1.06 bits per heavy atom. The van der Waals surface area contributed by atoms with Crippen LogP contribution in [0.25, 0.3) is 11.1 Å².